The first-order chi connectivity index (χ1) is 11.8. The van der Waals surface area contributed by atoms with Crippen molar-refractivity contribution in [3.8, 4) is 11.3 Å². The minimum absolute atomic E-state index is 0.354. The molecule has 0 amide bonds. The summed E-state index contributed by atoms with van der Waals surface area (Å²) in [5, 5.41) is 18.5. The van der Waals surface area contributed by atoms with Gasteiger partial charge in [-0.2, -0.15) is 0 Å². The van der Waals surface area contributed by atoms with Crippen LogP contribution in [-0.2, 0) is 13.0 Å². The normalized spacial score (nSPS) is 12.8. The van der Waals surface area contributed by atoms with Crippen molar-refractivity contribution in [1.82, 2.24) is 4.57 Å². The molecule has 0 radical (unpaired) electrons. The SMILES string of the molecule is CCC(C)(C)CCc1cc(-c2ccccc2)n(C/C=C(\C)C(O)O)c1. The number of benzene rings is 1. The fraction of sp³-hybridized carbons (Fsp3) is 0.455. The van der Waals surface area contributed by atoms with Gasteiger partial charge in [-0.3, -0.25) is 0 Å². The van der Waals surface area contributed by atoms with Gasteiger partial charge in [0.1, 0.15) is 0 Å². The number of allylic oxidation sites excluding steroid dienone is 1. The largest absolute Gasteiger partial charge is 0.365 e. The molecule has 0 saturated carbocycles. The van der Waals surface area contributed by atoms with E-state index in [2.05, 4.69) is 49.7 Å². The summed E-state index contributed by atoms with van der Waals surface area (Å²) in [6.45, 7) is 9.24. The van der Waals surface area contributed by atoms with Crippen molar-refractivity contribution in [3.05, 3.63) is 59.8 Å². The Bertz CT molecular complexity index is 696. The summed E-state index contributed by atoms with van der Waals surface area (Å²) in [6, 6.07) is 12.6. The topological polar surface area (TPSA) is 45.4 Å². The lowest BCUT2D eigenvalue weighted by Gasteiger charge is -2.21. The predicted molar refractivity (Wildman–Crippen MR) is 104 cm³/mol. The molecule has 25 heavy (non-hydrogen) atoms. The maximum Gasteiger partial charge on any atom is 0.174 e. The molecule has 0 aliphatic carbocycles. The van der Waals surface area contributed by atoms with E-state index in [4.69, 9.17) is 0 Å². The number of hydrogen-bond acceptors (Lipinski definition) is 2. The number of aryl methyl sites for hydroxylation is 1. The van der Waals surface area contributed by atoms with Crippen LogP contribution in [0.3, 0.4) is 0 Å². The molecule has 3 nitrogen and oxygen atoms in total. The van der Waals surface area contributed by atoms with Crippen LogP contribution in [0.15, 0.2) is 54.2 Å². The van der Waals surface area contributed by atoms with Crippen LogP contribution in [0.1, 0.15) is 46.1 Å². The lowest BCUT2D eigenvalue weighted by atomic mass is 9.84. The van der Waals surface area contributed by atoms with Gasteiger partial charge in [-0.05, 0) is 47.9 Å². The van der Waals surface area contributed by atoms with Gasteiger partial charge in [-0.1, -0.05) is 63.6 Å². The highest BCUT2D eigenvalue weighted by molar-refractivity contribution is 5.61. The molecule has 0 saturated heterocycles. The Hall–Kier alpha value is -1.84. The molecular weight excluding hydrogens is 310 g/mol. The molecule has 0 fully saturated rings. The first kappa shape index (κ1) is 19.5. The molecule has 1 heterocycles. The molecule has 1 aromatic carbocycles. The number of nitrogens with zero attached hydrogens (tertiary/aromatic N) is 1. The molecule has 2 rings (SSSR count). The molecule has 0 bridgehead atoms. The summed E-state index contributed by atoms with van der Waals surface area (Å²) in [7, 11) is 0. The van der Waals surface area contributed by atoms with Gasteiger partial charge in [0.05, 0.1) is 0 Å². The van der Waals surface area contributed by atoms with E-state index in [1.165, 1.54) is 23.2 Å². The third-order valence-corrected chi connectivity index (χ3v) is 5.09. The Balaban J connectivity index is 2.27. The molecule has 2 N–H and O–H groups in total. The van der Waals surface area contributed by atoms with Crippen molar-refractivity contribution in [2.75, 3.05) is 0 Å². The number of rotatable bonds is 8. The third-order valence-electron chi connectivity index (χ3n) is 5.09. The Kier molecular flexibility index (Phi) is 6.63. The first-order valence-corrected chi connectivity index (χ1v) is 9.09. The first-order valence-electron chi connectivity index (χ1n) is 9.09. The van der Waals surface area contributed by atoms with Gasteiger partial charge in [-0.15, -0.1) is 0 Å². The summed E-state index contributed by atoms with van der Waals surface area (Å²) in [5.74, 6) is 0. The predicted octanol–water partition coefficient (Wildman–Crippen LogP) is 4.78. The Labute approximate surface area is 151 Å². The molecule has 0 spiro atoms. The highest BCUT2D eigenvalue weighted by atomic mass is 16.5. The summed E-state index contributed by atoms with van der Waals surface area (Å²) in [4.78, 5) is 0. The van der Waals surface area contributed by atoms with E-state index < -0.39 is 6.29 Å². The van der Waals surface area contributed by atoms with Gasteiger partial charge in [0.2, 0.25) is 0 Å². The number of aliphatic hydroxyl groups excluding tert-OH is 1. The van der Waals surface area contributed by atoms with Gasteiger partial charge in [0, 0.05) is 18.4 Å². The standard InChI is InChI=1S/C22H31NO2/c1-5-22(3,4)13-11-18-15-20(19-9-7-6-8-10-19)23(16-18)14-12-17(2)21(24)25/h6-10,12,15-16,21,24-25H,5,11,13-14H2,1-4H3/b17-12+. The molecule has 136 valence electrons. The van der Waals surface area contributed by atoms with E-state index in [1.807, 2.05) is 24.3 Å². The minimum atomic E-state index is -1.39. The summed E-state index contributed by atoms with van der Waals surface area (Å²) in [5.41, 5.74) is 4.60. The van der Waals surface area contributed by atoms with Crippen molar-refractivity contribution < 1.29 is 10.2 Å². The number of hydrogen-bond donors (Lipinski definition) is 2. The van der Waals surface area contributed by atoms with Crippen LogP contribution in [-0.4, -0.2) is 21.1 Å². The highest BCUT2D eigenvalue weighted by Crippen LogP contribution is 2.29. The molecule has 0 aliphatic heterocycles. The van der Waals surface area contributed by atoms with Crippen molar-refractivity contribution >= 4 is 0 Å². The van der Waals surface area contributed by atoms with Gasteiger partial charge in [0.15, 0.2) is 6.29 Å². The maximum absolute atomic E-state index is 9.27. The van der Waals surface area contributed by atoms with Crippen molar-refractivity contribution in [2.24, 2.45) is 5.41 Å². The molecule has 3 heteroatoms. The third kappa shape index (κ3) is 5.58. The Morgan fingerprint density at radius 3 is 2.48 bits per heavy atom. The van der Waals surface area contributed by atoms with E-state index in [0.29, 0.717) is 17.5 Å². The number of aromatic nitrogens is 1. The van der Waals surface area contributed by atoms with Gasteiger partial charge < -0.3 is 14.8 Å². The van der Waals surface area contributed by atoms with Crippen molar-refractivity contribution in [3.63, 3.8) is 0 Å². The molecular formula is C22H31NO2. The van der Waals surface area contributed by atoms with Crippen LogP contribution >= 0.6 is 0 Å². The van der Waals surface area contributed by atoms with E-state index in [0.717, 1.165) is 12.8 Å². The molecule has 0 aliphatic rings. The second-order valence-corrected chi connectivity index (χ2v) is 7.59. The van der Waals surface area contributed by atoms with Crippen LogP contribution in [0.2, 0.25) is 0 Å². The van der Waals surface area contributed by atoms with E-state index in [9.17, 15) is 10.2 Å². The second kappa shape index (κ2) is 8.50. The average molecular weight is 341 g/mol. The minimum Gasteiger partial charge on any atom is -0.365 e. The molecule has 0 unspecified atom stereocenters. The van der Waals surface area contributed by atoms with Crippen molar-refractivity contribution in [1.29, 1.82) is 0 Å². The Morgan fingerprint density at radius 1 is 1.20 bits per heavy atom. The lowest BCUT2D eigenvalue weighted by molar-refractivity contribution is -0.00792. The van der Waals surface area contributed by atoms with E-state index in [1.54, 1.807) is 6.92 Å². The smallest absolute Gasteiger partial charge is 0.174 e. The van der Waals surface area contributed by atoms with Crippen molar-refractivity contribution in [2.45, 2.75) is 59.8 Å². The fourth-order valence-electron chi connectivity index (χ4n) is 2.72. The van der Waals surface area contributed by atoms with Gasteiger partial charge in [0.25, 0.3) is 0 Å². The summed E-state index contributed by atoms with van der Waals surface area (Å²) in [6.07, 6.45) is 6.07. The van der Waals surface area contributed by atoms with Gasteiger partial charge >= 0.3 is 0 Å². The molecule has 1 aromatic heterocycles. The number of aliphatic hydroxyl groups is 2. The van der Waals surface area contributed by atoms with Crippen LogP contribution in [0.5, 0.6) is 0 Å². The fourth-order valence-corrected chi connectivity index (χ4v) is 2.72. The lowest BCUT2D eigenvalue weighted by Crippen LogP contribution is -2.10. The summed E-state index contributed by atoms with van der Waals surface area (Å²) < 4.78 is 2.19. The van der Waals surface area contributed by atoms with Crippen LogP contribution in [0, 0.1) is 5.41 Å². The van der Waals surface area contributed by atoms with Gasteiger partial charge in [-0.25, -0.2) is 0 Å². The molecule has 0 atom stereocenters. The van der Waals surface area contributed by atoms with E-state index >= 15 is 0 Å². The zero-order valence-electron chi connectivity index (χ0n) is 15.9. The summed E-state index contributed by atoms with van der Waals surface area (Å²) >= 11 is 0. The van der Waals surface area contributed by atoms with Crippen LogP contribution < -0.4 is 0 Å². The van der Waals surface area contributed by atoms with Crippen LogP contribution in [0.25, 0.3) is 11.3 Å². The zero-order valence-corrected chi connectivity index (χ0v) is 15.9. The highest BCUT2D eigenvalue weighted by Gasteiger charge is 2.16. The zero-order chi connectivity index (χ0) is 18.4. The maximum atomic E-state index is 9.27. The monoisotopic (exact) mass is 341 g/mol. The quantitative estimate of drug-likeness (QED) is 0.536. The second-order valence-electron chi connectivity index (χ2n) is 7.59. The average Bonchev–Trinajstić information content (AvgIpc) is 3.02. The van der Waals surface area contributed by atoms with E-state index in [-0.39, 0.29) is 0 Å². The molecule has 2 aromatic rings. The Morgan fingerprint density at radius 2 is 1.88 bits per heavy atom. The van der Waals surface area contributed by atoms with Crippen LogP contribution in [0.4, 0.5) is 0 Å².